The van der Waals surface area contributed by atoms with Crippen molar-refractivity contribution in [1.29, 1.82) is 0 Å². The molecule has 0 fully saturated rings. The van der Waals surface area contributed by atoms with Gasteiger partial charge in [0.25, 0.3) is 0 Å². The summed E-state index contributed by atoms with van der Waals surface area (Å²) in [5, 5.41) is 0. The molecule has 1 aromatic heterocycles. The number of aromatic nitrogens is 1. The standard InChI is InChI=1S/C15H18FN3/c1-10(2)11-3-5-12(6-4-11)15(19-17)13-7-8-18-9-14(13)16/h3-10,15,19H,17H2,1-2H3. The van der Waals surface area contributed by atoms with Crippen LogP contribution in [0.25, 0.3) is 0 Å². The van der Waals surface area contributed by atoms with Gasteiger partial charge in [-0.2, -0.15) is 0 Å². The Bertz CT molecular complexity index is 537. The SMILES string of the molecule is CC(C)c1ccc(C(NN)c2ccncc2F)cc1. The molecule has 3 N–H and O–H groups in total. The Morgan fingerprint density at radius 1 is 1.11 bits per heavy atom. The first kappa shape index (κ1) is 13.6. The molecule has 1 atom stereocenters. The van der Waals surface area contributed by atoms with Gasteiger partial charge in [-0.15, -0.1) is 0 Å². The molecule has 1 heterocycles. The topological polar surface area (TPSA) is 50.9 Å². The molecule has 0 aliphatic heterocycles. The van der Waals surface area contributed by atoms with E-state index in [1.54, 1.807) is 12.3 Å². The summed E-state index contributed by atoms with van der Waals surface area (Å²) in [4.78, 5) is 3.75. The van der Waals surface area contributed by atoms with Crippen molar-refractivity contribution in [3.63, 3.8) is 0 Å². The molecule has 0 radical (unpaired) electrons. The maximum absolute atomic E-state index is 13.8. The Balaban J connectivity index is 2.35. The maximum atomic E-state index is 13.8. The second-order valence-corrected chi connectivity index (χ2v) is 4.82. The average Bonchev–Trinajstić information content (AvgIpc) is 2.42. The highest BCUT2D eigenvalue weighted by Gasteiger charge is 2.16. The second kappa shape index (κ2) is 5.91. The van der Waals surface area contributed by atoms with Crippen LogP contribution >= 0.6 is 0 Å². The predicted molar refractivity (Wildman–Crippen MR) is 73.9 cm³/mol. The number of hydrazine groups is 1. The van der Waals surface area contributed by atoms with E-state index in [-0.39, 0.29) is 11.9 Å². The Labute approximate surface area is 112 Å². The molecule has 0 aliphatic rings. The molecule has 1 unspecified atom stereocenters. The molecule has 3 nitrogen and oxygen atoms in total. The molecule has 0 saturated heterocycles. The lowest BCUT2D eigenvalue weighted by molar-refractivity contribution is 0.555. The van der Waals surface area contributed by atoms with Gasteiger partial charge in [0.15, 0.2) is 0 Å². The lowest BCUT2D eigenvalue weighted by Gasteiger charge is -2.18. The summed E-state index contributed by atoms with van der Waals surface area (Å²) >= 11 is 0. The number of nitrogens with one attached hydrogen (secondary N) is 1. The molecule has 1 aromatic carbocycles. The Morgan fingerprint density at radius 3 is 2.26 bits per heavy atom. The molecule has 4 heteroatoms. The molecular formula is C15H18FN3. The number of nitrogens with two attached hydrogens (primary N) is 1. The number of benzene rings is 1. The number of nitrogens with zero attached hydrogens (tertiary/aromatic N) is 1. The van der Waals surface area contributed by atoms with Crippen molar-refractivity contribution in [3.05, 3.63) is 65.2 Å². The predicted octanol–water partition coefficient (Wildman–Crippen LogP) is 2.90. The molecule has 0 amide bonds. The summed E-state index contributed by atoms with van der Waals surface area (Å²) in [7, 11) is 0. The fraction of sp³-hybridized carbons (Fsp3) is 0.267. The minimum absolute atomic E-state index is 0.363. The van der Waals surface area contributed by atoms with Gasteiger partial charge in [-0.1, -0.05) is 38.1 Å². The van der Waals surface area contributed by atoms with Crippen LogP contribution in [0.4, 0.5) is 4.39 Å². The molecule has 0 spiro atoms. The minimum atomic E-state index is -0.371. The van der Waals surface area contributed by atoms with Crippen LogP contribution in [0.5, 0.6) is 0 Å². The molecule has 2 rings (SSSR count). The minimum Gasteiger partial charge on any atom is -0.271 e. The Hall–Kier alpha value is -1.78. The van der Waals surface area contributed by atoms with Gasteiger partial charge in [0.05, 0.1) is 12.2 Å². The van der Waals surface area contributed by atoms with Crippen LogP contribution in [0.3, 0.4) is 0 Å². The summed E-state index contributed by atoms with van der Waals surface area (Å²) < 4.78 is 13.8. The number of pyridine rings is 1. The number of hydrogen-bond acceptors (Lipinski definition) is 3. The van der Waals surface area contributed by atoms with Gasteiger partial charge >= 0.3 is 0 Å². The summed E-state index contributed by atoms with van der Waals surface area (Å²) in [5.41, 5.74) is 5.32. The first-order valence-electron chi connectivity index (χ1n) is 6.29. The van der Waals surface area contributed by atoms with E-state index < -0.39 is 0 Å². The van der Waals surface area contributed by atoms with Gasteiger partial charge in [0, 0.05) is 11.8 Å². The number of rotatable bonds is 4. The van der Waals surface area contributed by atoms with Crippen molar-refractivity contribution in [2.24, 2.45) is 5.84 Å². The average molecular weight is 259 g/mol. The van der Waals surface area contributed by atoms with Gasteiger partial charge in [0.2, 0.25) is 0 Å². The highest BCUT2D eigenvalue weighted by atomic mass is 19.1. The van der Waals surface area contributed by atoms with Gasteiger partial charge in [-0.3, -0.25) is 10.8 Å². The van der Waals surface area contributed by atoms with Crippen LogP contribution in [0, 0.1) is 5.82 Å². The van der Waals surface area contributed by atoms with Crippen LogP contribution in [0.1, 0.15) is 42.5 Å². The maximum Gasteiger partial charge on any atom is 0.146 e. The number of halogens is 1. The van der Waals surface area contributed by atoms with Crippen LogP contribution in [-0.4, -0.2) is 4.98 Å². The third-order valence-corrected chi connectivity index (χ3v) is 3.22. The van der Waals surface area contributed by atoms with Gasteiger partial charge < -0.3 is 0 Å². The van der Waals surface area contributed by atoms with Crippen molar-refractivity contribution < 1.29 is 4.39 Å². The largest absolute Gasteiger partial charge is 0.271 e. The van der Waals surface area contributed by atoms with E-state index in [1.165, 1.54) is 11.8 Å². The van der Waals surface area contributed by atoms with E-state index in [4.69, 9.17) is 5.84 Å². The first-order chi connectivity index (χ1) is 9.13. The molecule has 2 aromatic rings. The highest BCUT2D eigenvalue weighted by molar-refractivity contribution is 5.33. The molecule has 0 bridgehead atoms. The van der Waals surface area contributed by atoms with Crippen LogP contribution in [0.2, 0.25) is 0 Å². The van der Waals surface area contributed by atoms with E-state index in [9.17, 15) is 4.39 Å². The Kier molecular flexibility index (Phi) is 4.24. The van der Waals surface area contributed by atoms with Gasteiger partial charge in [-0.25, -0.2) is 9.82 Å². The van der Waals surface area contributed by atoms with Crippen LogP contribution < -0.4 is 11.3 Å². The van der Waals surface area contributed by atoms with E-state index in [0.717, 1.165) is 5.56 Å². The molecule has 19 heavy (non-hydrogen) atoms. The molecule has 0 aliphatic carbocycles. The molecule has 100 valence electrons. The normalized spacial score (nSPS) is 12.7. The Morgan fingerprint density at radius 2 is 1.74 bits per heavy atom. The van der Waals surface area contributed by atoms with Gasteiger partial charge in [0.1, 0.15) is 5.82 Å². The van der Waals surface area contributed by atoms with Gasteiger partial charge in [-0.05, 0) is 23.1 Å². The zero-order valence-corrected chi connectivity index (χ0v) is 11.1. The van der Waals surface area contributed by atoms with E-state index in [1.807, 2.05) is 24.3 Å². The third-order valence-electron chi connectivity index (χ3n) is 3.22. The lowest BCUT2D eigenvalue weighted by Crippen LogP contribution is -2.29. The zero-order valence-electron chi connectivity index (χ0n) is 11.1. The summed E-state index contributed by atoms with van der Waals surface area (Å²) in [6, 6.07) is 9.30. The fourth-order valence-corrected chi connectivity index (χ4v) is 2.06. The molecular weight excluding hydrogens is 241 g/mol. The van der Waals surface area contributed by atoms with Crippen molar-refractivity contribution in [1.82, 2.24) is 10.4 Å². The first-order valence-corrected chi connectivity index (χ1v) is 6.29. The third kappa shape index (κ3) is 2.97. The van der Waals surface area contributed by atoms with E-state index >= 15 is 0 Å². The van der Waals surface area contributed by atoms with Crippen LogP contribution in [-0.2, 0) is 0 Å². The van der Waals surface area contributed by atoms with Crippen molar-refractivity contribution in [2.75, 3.05) is 0 Å². The van der Waals surface area contributed by atoms with Crippen LogP contribution in [0.15, 0.2) is 42.7 Å². The number of hydrogen-bond donors (Lipinski definition) is 2. The van der Waals surface area contributed by atoms with E-state index in [0.29, 0.717) is 11.5 Å². The monoisotopic (exact) mass is 259 g/mol. The summed E-state index contributed by atoms with van der Waals surface area (Å²) in [5.74, 6) is 5.67. The van der Waals surface area contributed by atoms with Crippen molar-refractivity contribution in [3.8, 4) is 0 Å². The second-order valence-electron chi connectivity index (χ2n) is 4.82. The lowest BCUT2D eigenvalue weighted by atomic mass is 9.96. The summed E-state index contributed by atoms with van der Waals surface area (Å²) in [6.07, 6.45) is 2.76. The fourth-order valence-electron chi connectivity index (χ4n) is 2.06. The quantitative estimate of drug-likeness (QED) is 0.655. The van der Waals surface area contributed by atoms with E-state index in [2.05, 4.69) is 24.3 Å². The highest BCUT2D eigenvalue weighted by Crippen LogP contribution is 2.24. The summed E-state index contributed by atoms with van der Waals surface area (Å²) in [6.45, 7) is 4.27. The zero-order chi connectivity index (χ0) is 13.8. The van der Waals surface area contributed by atoms with Crippen molar-refractivity contribution in [2.45, 2.75) is 25.8 Å². The smallest absolute Gasteiger partial charge is 0.146 e. The molecule has 0 saturated carbocycles. The van der Waals surface area contributed by atoms with Crippen molar-refractivity contribution >= 4 is 0 Å².